The van der Waals surface area contributed by atoms with E-state index in [0.29, 0.717) is 23.1 Å². The standard InChI is InChI=1S/C31H30N2O4S/c1-4-6-16-37-23-9-7-8-22(18-23)28(34)26-27(21-13-11-20(5-2)12-14-21)33(30(36)29(26)35)31-32-24-15-10-19(3)17-25(24)38-31/h7-15,17-18,27,34H,4-6,16H2,1-3H3. The van der Waals surface area contributed by atoms with Crippen molar-refractivity contribution >= 4 is 44.1 Å². The number of hydrogen-bond donors (Lipinski definition) is 1. The van der Waals surface area contributed by atoms with E-state index in [-0.39, 0.29) is 11.3 Å². The van der Waals surface area contributed by atoms with E-state index >= 15 is 0 Å². The molecule has 2 heterocycles. The number of aliphatic hydroxyl groups is 1. The average molecular weight is 527 g/mol. The second-order valence-corrected chi connectivity index (χ2v) is 10.5. The van der Waals surface area contributed by atoms with Gasteiger partial charge in [0, 0.05) is 5.56 Å². The van der Waals surface area contributed by atoms with Gasteiger partial charge in [0.05, 0.1) is 28.4 Å². The van der Waals surface area contributed by atoms with Gasteiger partial charge in [-0.15, -0.1) is 0 Å². The number of carbonyl (C=O) groups is 2. The summed E-state index contributed by atoms with van der Waals surface area (Å²) in [6.07, 6.45) is 2.78. The van der Waals surface area contributed by atoms with Crippen LogP contribution >= 0.6 is 11.3 Å². The normalized spacial score (nSPS) is 16.9. The van der Waals surface area contributed by atoms with Crippen LogP contribution in [-0.4, -0.2) is 28.4 Å². The zero-order valence-electron chi connectivity index (χ0n) is 21.7. The lowest BCUT2D eigenvalue weighted by Crippen LogP contribution is -2.29. The third-order valence-corrected chi connectivity index (χ3v) is 7.78. The van der Waals surface area contributed by atoms with Crippen molar-refractivity contribution in [1.82, 2.24) is 4.98 Å². The monoisotopic (exact) mass is 526 g/mol. The van der Waals surface area contributed by atoms with E-state index < -0.39 is 17.7 Å². The Kier molecular flexibility index (Phi) is 7.29. The molecule has 5 rings (SSSR count). The molecule has 1 aliphatic heterocycles. The van der Waals surface area contributed by atoms with Crippen LogP contribution in [0.4, 0.5) is 5.13 Å². The van der Waals surface area contributed by atoms with Crippen LogP contribution in [0.3, 0.4) is 0 Å². The third-order valence-electron chi connectivity index (χ3n) is 6.76. The number of carbonyl (C=O) groups excluding carboxylic acids is 2. The van der Waals surface area contributed by atoms with Gasteiger partial charge in [-0.2, -0.15) is 0 Å². The van der Waals surface area contributed by atoms with Crippen LogP contribution in [0.2, 0.25) is 0 Å². The Labute approximate surface area is 226 Å². The summed E-state index contributed by atoms with van der Waals surface area (Å²) >= 11 is 1.36. The highest BCUT2D eigenvalue weighted by molar-refractivity contribution is 7.22. The number of nitrogens with zero attached hydrogens (tertiary/aromatic N) is 2. The van der Waals surface area contributed by atoms with Crippen molar-refractivity contribution in [1.29, 1.82) is 0 Å². The van der Waals surface area contributed by atoms with E-state index in [1.807, 2.05) is 55.5 Å². The van der Waals surface area contributed by atoms with Crippen molar-refractivity contribution in [2.24, 2.45) is 0 Å². The number of hydrogen-bond acceptors (Lipinski definition) is 6. The molecule has 3 aromatic carbocycles. The lowest BCUT2D eigenvalue weighted by atomic mass is 9.94. The van der Waals surface area contributed by atoms with Crippen molar-refractivity contribution in [3.05, 3.63) is 94.6 Å². The van der Waals surface area contributed by atoms with Crippen LogP contribution < -0.4 is 9.64 Å². The van der Waals surface area contributed by atoms with Gasteiger partial charge in [-0.3, -0.25) is 14.5 Å². The van der Waals surface area contributed by atoms with Crippen molar-refractivity contribution in [2.45, 2.75) is 46.1 Å². The van der Waals surface area contributed by atoms with Crippen LogP contribution in [0.1, 0.15) is 55.0 Å². The smallest absolute Gasteiger partial charge is 0.301 e. The van der Waals surface area contributed by atoms with Crippen molar-refractivity contribution in [3.8, 4) is 5.75 Å². The fourth-order valence-corrected chi connectivity index (χ4v) is 5.72. The minimum absolute atomic E-state index is 0.0420. The topological polar surface area (TPSA) is 79.7 Å². The Morgan fingerprint density at radius 1 is 1.05 bits per heavy atom. The van der Waals surface area contributed by atoms with E-state index in [1.165, 1.54) is 16.2 Å². The van der Waals surface area contributed by atoms with Crippen LogP contribution in [0.5, 0.6) is 5.75 Å². The highest BCUT2D eigenvalue weighted by atomic mass is 32.1. The molecule has 0 saturated carbocycles. The molecule has 6 nitrogen and oxygen atoms in total. The first kappa shape index (κ1) is 25.7. The van der Waals surface area contributed by atoms with Crippen LogP contribution in [-0.2, 0) is 16.0 Å². The molecule has 4 aromatic rings. The number of ketones is 1. The molecule has 1 fully saturated rings. The molecule has 0 radical (unpaired) electrons. The maximum atomic E-state index is 13.5. The number of aromatic nitrogens is 1. The predicted octanol–water partition coefficient (Wildman–Crippen LogP) is 6.97. The third kappa shape index (κ3) is 4.82. The number of aryl methyl sites for hydroxylation is 2. The zero-order chi connectivity index (χ0) is 26.8. The number of thiazole rings is 1. The van der Waals surface area contributed by atoms with E-state index in [2.05, 4.69) is 13.8 Å². The fourth-order valence-electron chi connectivity index (χ4n) is 4.63. The van der Waals surface area contributed by atoms with Gasteiger partial charge in [-0.25, -0.2) is 4.98 Å². The number of amides is 1. The highest BCUT2D eigenvalue weighted by Gasteiger charge is 2.48. The zero-order valence-corrected chi connectivity index (χ0v) is 22.5. The molecule has 38 heavy (non-hydrogen) atoms. The number of fused-ring (bicyclic) bond motifs is 1. The van der Waals surface area contributed by atoms with E-state index in [0.717, 1.165) is 46.2 Å². The number of rotatable bonds is 8. The minimum Gasteiger partial charge on any atom is -0.507 e. The van der Waals surface area contributed by atoms with Crippen molar-refractivity contribution in [3.63, 3.8) is 0 Å². The highest BCUT2D eigenvalue weighted by Crippen LogP contribution is 2.44. The summed E-state index contributed by atoms with van der Waals surface area (Å²) in [5.74, 6) is -1.07. The number of anilines is 1. The molecule has 1 aromatic heterocycles. The van der Waals surface area contributed by atoms with Gasteiger partial charge in [0.1, 0.15) is 11.5 Å². The molecule has 0 aliphatic carbocycles. The van der Waals surface area contributed by atoms with Crippen molar-refractivity contribution in [2.75, 3.05) is 11.5 Å². The van der Waals surface area contributed by atoms with E-state index in [9.17, 15) is 14.7 Å². The van der Waals surface area contributed by atoms with Crippen LogP contribution in [0, 0.1) is 6.92 Å². The largest absolute Gasteiger partial charge is 0.507 e. The minimum atomic E-state index is -0.813. The molecule has 1 unspecified atom stereocenters. The van der Waals surface area contributed by atoms with E-state index in [4.69, 9.17) is 9.72 Å². The molecule has 7 heteroatoms. The van der Waals surface area contributed by atoms with Crippen LogP contribution in [0.25, 0.3) is 16.0 Å². The fraction of sp³-hybridized carbons (Fsp3) is 0.258. The molecule has 0 spiro atoms. The molecule has 1 amide bonds. The lowest BCUT2D eigenvalue weighted by molar-refractivity contribution is -0.132. The SMILES string of the molecule is CCCCOc1cccc(C(O)=C2C(=O)C(=O)N(c3nc4ccc(C)cc4s3)C2c2ccc(CC)cc2)c1. The van der Waals surface area contributed by atoms with Gasteiger partial charge in [0.15, 0.2) is 5.13 Å². The molecule has 1 atom stereocenters. The summed E-state index contributed by atoms with van der Waals surface area (Å²) in [6.45, 7) is 6.72. The molecular formula is C31H30N2O4S. The maximum absolute atomic E-state index is 13.5. The summed E-state index contributed by atoms with van der Waals surface area (Å²) in [7, 11) is 0. The Morgan fingerprint density at radius 2 is 1.84 bits per heavy atom. The second kappa shape index (κ2) is 10.8. The summed E-state index contributed by atoms with van der Waals surface area (Å²) in [5.41, 5.74) is 4.18. The molecular weight excluding hydrogens is 496 g/mol. The maximum Gasteiger partial charge on any atom is 0.301 e. The average Bonchev–Trinajstić information content (AvgIpc) is 3.46. The quantitative estimate of drug-likeness (QED) is 0.116. The molecule has 1 aliphatic rings. The summed E-state index contributed by atoms with van der Waals surface area (Å²) in [6, 6.07) is 19.9. The summed E-state index contributed by atoms with van der Waals surface area (Å²) in [4.78, 5) is 33.2. The van der Waals surface area contributed by atoms with Gasteiger partial charge in [-0.05, 0) is 60.7 Å². The lowest BCUT2D eigenvalue weighted by Gasteiger charge is -2.23. The summed E-state index contributed by atoms with van der Waals surface area (Å²) < 4.78 is 6.74. The molecule has 194 valence electrons. The molecule has 1 saturated heterocycles. The number of benzene rings is 3. The Bertz CT molecular complexity index is 1540. The van der Waals surface area contributed by atoms with Gasteiger partial charge < -0.3 is 9.84 Å². The Balaban J connectivity index is 1.64. The summed E-state index contributed by atoms with van der Waals surface area (Å²) in [5, 5.41) is 11.9. The second-order valence-electron chi connectivity index (χ2n) is 9.46. The number of Topliss-reactive ketones (excluding diaryl/α,β-unsaturated/α-hetero) is 1. The number of unbranched alkanes of at least 4 members (excludes halogenated alkanes) is 1. The molecule has 1 N–H and O–H groups in total. The Hall–Kier alpha value is -3.97. The van der Waals surface area contributed by atoms with Gasteiger partial charge >= 0.3 is 5.91 Å². The van der Waals surface area contributed by atoms with Crippen LogP contribution in [0.15, 0.2) is 72.3 Å². The predicted molar refractivity (Wildman–Crippen MR) is 152 cm³/mol. The van der Waals surface area contributed by atoms with E-state index in [1.54, 1.807) is 18.2 Å². The first-order chi connectivity index (χ1) is 18.4. The first-order valence-corrected chi connectivity index (χ1v) is 13.7. The van der Waals surface area contributed by atoms with Gasteiger partial charge in [0.2, 0.25) is 0 Å². The number of ether oxygens (including phenoxy) is 1. The first-order valence-electron chi connectivity index (χ1n) is 12.9. The van der Waals surface area contributed by atoms with Gasteiger partial charge in [0.25, 0.3) is 5.78 Å². The molecule has 0 bridgehead atoms. The van der Waals surface area contributed by atoms with Crippen molar-refractivity contribution < 1.29 is 19.4 Å². The number of aliphatic hydroxyl groups excluding tert-OH is 1. The van der Waals surface area contributed by atoms with Gasteiger partial charge in [-0.1, -0.05) is 74.1 Å². The Morgan fingerprint density at radius 3 is 2.58 bits per heavy atom.